The second kappa shape index (κ2) is 16.9. The van der Waals surface area contributed by atoms with Crippen LogP contribution in [0.15, 0.2) is 186 Å². The second-order valence-electron chi connectivity index (χ2n) is 11.9. The fourth-order valence-electron chi connectivity index (χ4n) is 5.98. The maximum Gasteiger partial charge on any atom is 0.489 e. The van der Waals surface area contributed by atoms with Crippen molar-refractivity contribution in [1.82, 2.24) is 0 Å². The number of rotatable bonds is 4. The van der Waals surface area contributed by atoms with Gasteiger partial charge in [-0.05, 0) is 120 Å². The molecule has 0 aliphatic rings. The van der Waals surface area contributed by atoms with Crippen molar-refractivity contribution in [3.05, 3.63) is 196 Å². The van der Waals surface area contributed by atoms with E-state index in [-0.39, 0.29) is 1.43 Å². The minimum Gasteiger partial charge on any atom is -0.423 e. The van der Waals surface area contributed by atoms with Gasteiger partial charge in [0.2, 0.25) is 0 Å². The molecule has 0 saturated carbocycles. The summed E-state index contributed by atoms with van der Waals surface area (Å²) in [6.45, 7) is 2.14. The smallest absolute Gasteiger partial charge is 0.423 e. The predicted molar refractivity (Wildman–Crippen MR) is 228 cm³/mol. The van der Waals surface area contributed by atoms with E-state index in [9.17, 15) is 0 Å². The Bertz CT molecular complexity index is 2320. The van der Waals surface area contributed by atoms with E-state index in [0.29, 0.717) is 5.46 Å². The van der Waals surface area contributed by atoms with E-state index in [1.165, 1.54) is 53.3 Å². The van der Waals surface area contributed by atoms with Crippen LogP contribution < -0.4 is 5.46 Å². The van der Waals surface area contributed by atoms with Crippen LogP contribution in [0.25, 0.3) is 54.9 Å². The van der Waals surface area contributed by atoms with Crippen LogP contribution in [0, 0.1) is 10.5 Å². The summed E-state index contributed by atoms with van der Waals surface area (Å²) < 4.78 is 2.38. The minimum absolute atomic E-state index is 0. The average Bonchev–Trinajstić information content (AvgIpc) is 3.15. The molecule has 0 aromatic heterocycles. The Hall–Kier alpha value is -4.53. The first-order chi connectivity index (χ1) is 24.4. The van der Waals surface area contributed by atoms with Gasteiger partial charge in [0.1, 0.15) is 0 Å². The van der Waals surface area contributed by atoms with Gasteiger partial charge in [0.25, 0.3) is 0 Å². The van der Waals surface area contributed by atoms with E-state index in [4.69, 9.17) is 10.0 Å². The number of halogens is 2. The zero-order valence-corrected chi connectivity index (χ0v) is 31.3. The first-order valence-electron chi connectivity index (χ1n) is 16.4. The molecule has 0 bridgehead atoms. The molecule has 8 aromatic rings. The Morgan fingerprint density at radius 3 is 1.66 bits per heavy atom. The largest absolute Gasteiger partial charge is 0.489 e. The van der Waals surface area contributed by atoms with Crippen molar-refractivity contribution in [3.63, 3.8) is 0 Å². The molecule has 0 atom stereocenters. The van der Waals surface area contributed by atoms with E-state index in [1.807, 2.05) is 42.5 Å². The normalized spacial score (nSPS) is 10.5. The van der Waals surface area contributed by atoms with Gasteiger partial charge in [0.05, 0.1) is 0 Å². The van der Waals surface area contributed by atoms with E-state index >= 15 is 0 Å². The average molecular weight is 827 g/mol. The summed E-state index contributed by atoms with van der Waals surface area (Å²) in [5.41, 5.74) is 9.44. The summed E-state index contributed by atoms with van der Waals surface area (Å²) in [4.78, 5) is 0. The quantitative estimate of drug-likeness (QED) is 0.137. The molecule has 0 saturated heterocycles. The Morgan fingerprint density at radius 1 is 0.480 bits per heavy atom. The van der Waals surface area contributed by atoms with E-state index < -0.39 is 7.12 Å². The van der Waals surface area contributed by atoms with Crippen molar-refractivity contribution in [3.8, 4) is 33.4 Å². The van der Waals surface area contributed by atoms with Crippen LogP contribution in [0.4, 0.5) is 0 Å². The van der Waals surface area contributed by atoms with Gasteiger partial charge in [0.15, 0.2) is 0 Å². The molecule has 0 unspecified atom stereocenters. The van der Waals surface area contributed by atoms with Gasteiger partial charge < -0.3 is 10.0 Å². The fraction of sp³-hybridized carbons (Fsp3) is 0.0222. The zero-order chi connectivity index (χ0) is 34.9. The fourth-order valence-corrected chi connectivity index (χ4v) is 6.92. The number of aryl methyl sites for hydroxylation is 1. The van der Waals surface area contributed by atoms with Crippen LogP contribution >= 0.6 is 38.5 Å². The van der Waals surface area contributed by atoms with Gasteiger partial charge in [-0.1, -0.05) is 173 Å². The van der Waals surface area contributed by atoms with Crippen molar-refractivity contribution >= 4 is 72.6 Å². The summed E-state index contributed by atoms with van der Waals surface area (Å²) in [7, 11) is -1.40. The molecule has 0 heterocycles. The van der Waals surface area contributed by atoms with Crippen molar-refractivity contribution < 1.29 is 11.5 Å². The first-order valence-corrected chi connectivity index (χ1v) is 18.2. The Labute approximate surface area is 318 Å². The molecular weight excluding hydrogens is 790 g/mol. The minimum atomic E-state index is -1.40. The highest BCUT2D eigenvalue weighted by Crippen LogP contribution is 2.32. The molecule has 2 N–H and O–H groups in total. The summed E-state index contributed by atoms with van der Waals surface area (Å²) >= 11 is 5.81. The van der Waals surface area contributed by atoms with Crippen LogP contribution in [0.5, 0.6) is 0 Å². The molecule has 50 heavy (non-hydrogen) atoms. The third-order valence-corrected chi connectivity index (χ3v) is 9.56. The maximum atomic E-state index is 9.08. The lowest BCUT2D eigenvalue weighted by atomic mass is 9.77. The SMILES string of the molecule is Brc1cccc(-c2cccc(I)c2)c1.Cc1cccc(-c2cccc(-c3cccc4ccccc34)c2)c1.OB(O)c1cccc2ccccc12.[HH]. The molecule has 0 aliphatic heterocycles. The molecule has 8 rings (SSSR count). The van der Waals surface area contributed by atoms with E-state index in [0.717, 1.165) is 15.2 Å². The van der Waals surface area contributed by atoms with Crippen molar-refractivity contribution in [2.24, 2.45) is 0 Å². The second-order valence-corrected chi connectivity index (χ2v) is 14.1. The summed E-state index contributed by atoms with van der Waals surface area (Å²) in [6, 6.07) is 62.5. The van der Waals surface area contributed by atoms with Crippen LogP contribution in [0.3, 0.4) is 0 Å². The Balaban J connectivity index is 0.000000156. The number of benzene rings is 8. The predicted octanol–water partition coefficient (Wildman–Crippen LogP) is 12.0. The standard InChI is InChI=1S/C23H18.C12H8BrI.C10H9BO2.H2/c1-17-7-4-10-19(15-17)20-11-5-12-21(16-20)23-14-6-9-18-8-2-3-13-22(18)23;13-11-5-1-3-9(7-11)10-4-2-6-12(14)8-10;12-11(13)10-7-3-5-8-4-1-2-6-9(8)10;/h2-16H,1H3;1-8H;1-7,12-13H;1H. The van der Waals surface area contributed by atoms with Crippen LogP contribution in [0.1, 0.15) is 6.99 Å². The molecule has 0 fully saturated rings. The van der Waals surface area contributed by atoms with Gasteiger partial charge in [-0.25, -0.2) is 0 Å². The summed E-state index contributed by atoms with van der Waals surface area (Å²) in [6.07, 6.45) is 0. The molecule has 246 valence electrons. The zero-order valence-electron chi connectivity index (χ0n) is 27.5. The third-order valence-electron chi connectivity index (χ3n) is 8.40. The van der Waals surface area contributed by atoms with Crippen LogP contribution in [0.2, 0.25) is 0 Å². The van der Waals surface area contributed by atoms with Crippen molar-refractivity contribution in [2.75, 3.05) is 0 Å². The lowest BCUT2D eigenvalue weighted by molar-refractivity contribution is 0.426. The van der Waals surface area contributed by atoms with Crippen molar-refractivity contribution in [2.45, 2.75) is 6.92 Å². The van der Waals surface area contributed by atoms with E-state index in [1.54, 1.807) is 6.07 Å². The van der Waals surface area contributed by atoms with E-state index in [2.05, 4.69) is 179 Å². The molecule has 5 heteroatoms. The monoisotopic (exact) mass is 826 g/mol. The molecule has 0 spiro atoms. The number of hydrogen-bond donors (Lipinski definition) is 2. The lowest BCUT2D eigenvalue weighted by Crippen LogP contribution is -2.30. The van der Waals surface area contributed by atoms with Gasteiger partial charge >= 0.3 is 7.12 Å². The van der Waals surface area contributed by atoms with Crippen molar-refractivity contribution in [1.29, 1.82) is 0 Å². The molecule has 0 aliphatic carbocycles. The van der Waals surface area contributed by atoms with Crippen LogP contribution in [-0.2, 0) is 0 Å². The Kier molecular flexibility index (Phi) is 12.0. The summed E-state index contributed by atoms with van der Waals surface area (Å²) in [5.74, 6) is 0. The third kappa shape index (κ3) is 8.98. The maximum absolute atomic E-state index is 9.08. The number of hydrogen-bond acceptors (Lipinski definition) is 2. The van der Waals surface area contributed by atoms with Gasteiger partial charge in [0, 0.05) is 9.47 Å². The van der Waals surface area contributed by atoms with Gasteiger partial charge in [-0.15, -0.1) is 0 Å². The molecule has 2 nitrogen and oxygen atoms in total. The van der Waals surface area contributed by atoms with Crippen LogP contribution in [-0.4, -0.2) is 17.2 Å². The van der Waals surface area contributed by atoms with Gasteiger partial charge in [-0.3, -0.25) is 0 Å². The Morgan fingerprint density at radius 2 is 0.980 bits per heavy atom. The molecular formula is C45H37BBrIO2. The molecule has 0 radical (unpaired) electrons. The lowest BCUT2D eigenvalue weighted by Gasteiger charge is -2.09. The molecule has 8 aromatic carbocycles. The summed E-state index contributed by atoms with van der Waals surface area (Å²) in [5, 5.41) is 22.7. The highest BCUT2D eigenvalue weighted by molar-refractivity contribution is 14.1. The topological polar surface area (TPSA) is 40.5 Å². The highest BCUT2D eigenvalue weighted by Gasteiger charge is 2.13. The van der Waals surface area contributed by atoms with Gasteiger partial charge in [-0.2, -0.15) is 0 Å². The highest BCUT2D eigenvalue weighted by atomic mass is 127. The molecule has 0 amide bonds. The number of fused-ring (bicyclic) bond motifs is 2. The first kappa shape index (κ1) is 35.3.